The number of benzene rings is 1. The maximum atomic E-state index is 10.9. The van der Waals surface area contributed by atoms with Gasteiger partial charge in [0, 0.05) is 49.4 Å². The van der Waals surface area contributed by atoms with Crippen molar-refractivity contribution in [2.45, 2.75) is 25.6 Å². The number of hydrogen-bond acceptors (Lipinski definition) is 10. The average molecular weight is 443 g/mol. The molecule has 2 aliphatic rings. The van der Waals surface area contributed by atoms with Gasteiger partial charge in [-0.05, 0) is 36.3 Å². The van der Waals surface area contributed by atoms with E-state index >= 15 is 0 Å². The second kappa shape index (κ2) is 8.99. The van der Waals surface area contributed by atoms with Gasteiger partial charge < -0.3 is 24.7 Å². The molecule has 2 N–H and O–H groups in total. The summed E-state index contributed by atoms with van der Waals surface area (Å²) in [6.07, 6.45) is 2.86. The van der Waals surface area contributed by atoms with E-state index in [9.17, 15) is 10.2 Å². The van der Waals surface area contributed by atoms with Crippen molar-refractivity contribution in [3.05, 3.63) is 34.3 Å². The number of ether oxygens (including phenoxy) is 1. The van der Waals surface area contributed by atoms with Crippen LogP contribution in [0.4, 0.5) is 11.5 Å². The SMILES string of the molecule is OCc1cnc([C@H](O)[C@H]2CCCN(c3nnnc4cc(N5CCOCC5)ccc34)C2)s1. The van der Waals surface area contributed by atoms with Crippen LogP contribution in [-0.2, 0) is 11.3 Å². The van der Waals surface area contributed by atoms with E-state index < -0.39 is 6.10 Å². The molecular formula is C21H26N6O3S. The summed E-state index contributed by atoms with van der Waals surface area (Å²) in [5, 5.41) is 34.5. The number of nitrogens with zero attached hydrogens (tertiary/aromatic N) is 6. The highest BCUT2D eigenvalue weighted by Gasteiger charge is 2.30. The minimum Gasteiger partial charge on any atom is -0.391 e. The van der Waals surface area contributed by atoms with E-state index in [4.69, 9.17) is 4.74 Å². The zero-order chi connectivity index (χ0) is 21.2. The van der Waals surface area contributed by atoms with Crippen molar-refractivity contribution < 1.29 is 14.9 Å². The Morgan fingerprint density at radius 3 is 2.84 bits per heavy atom. The van der Waals surface area contributed by atoms with E-state index in [0.717, 1.165) is 73.0 Å². The highest BCUT2D eigenvalue weighted by molar-refractivity contribution is 7.11. The second-order valence-electron chi connectivity index (χ2n) is 8.03. The van der Waals surface area contributed by atoms with E-state index in [0.29, 0.717) is 11.6 Å². The molecular weight excluding hydrogens is 416 g/mol. The van der Waals surface area contributed by atoms with Crippen molar-refractivity contribution in [1.82, 2.24) is 20.4 Å². The topological polar surface area (TPSA) is 108 Å². The molecule has 0 saturated carbocycles. The fourth-order valence-corrected chi connectivity index (χ4v) is 5.26. The van der Waals surface area contributed by atoms with Gasteiger partial charge in [0.15, 0.2) is 5.82 Å². The first-order valence-electron chi connectivity index (χ1n) is 10.7. The molecule has 10 heteroatoms. The number of aliphatic hydroxyl groups excluding tert-OH is 2. The number of anilines is 2. The molecule has 31 heavy (non-hydrogen) atoms. The first-order valence-corrected chi connectivity index (χ1v) is 11.5. The maximum absolute atomic E-state index is 10.9. The molecule has 2 aromatic heterocycles. The van der Waals surface area contributed by atoms with E-state index in [1.807, 2.05) is 0 Å². The predicted molar refractivity (Wildman–Crippen MR) is 118 cm³/mol. The summed E-state index contributed by atoms with van der Waals surface area (Å²) >= 11 is 1.37. The largest absolute Gasteiger partial charge is 0.391 e. The van der Waals surface area contributed by atoms with E-state index in [1.54, 1.807) is 6.20 Å². The standard InChI is InChI=1S/C21H26N6O3S/c28-13-16-11-22-21(31-16)19(29)14-2-1-5-27(12-14)20-17-4-3-15(10-18(17)23-25-24-20)26-6-8-30-9-7-26/h3-4,10-11,14,19,28-29H,1-2,5-9,12-13H2/t14-,19+/m0/s1. The first-order chi connectivity index (χ1) is 15.2. The van der Waals surface area contributed by atoms with Crippen LogP contribution in [0.3, 0.4) is 0 Å². The molecule has 0 bridgehead atoms. The van der Waals surface area contributed by atoms with Gasteiger partial charge in [-0.1, -0.05) is 0 Å². The molecule has 2 atom stereocenters. The van der Waals surface area contributed by atoms with Crippen LogP contribution in [0.1, 0.15) is 28.8 Å². The van der Waals surface area contributed by atoms with Crippen molar-refractivity contribution in [3.63, 3.8) is 0 Å². The number of piperidine rings is 1. The van der Waals surface area contributed by atoms with Crippen LogP contribution >= 0.6 is 11.3 Å². The van der Waals surface area contributed by atoms with Crippen LogP contribution in [0.25, 0.3) is 10.9 Å². The van der Waals surface area contributed by atoms with E-state index in [2.05, 4.69) is 48.4 Å². The second-order valence-corrected chi connectivity index (χ2v) is 9.18. The molecule has 2 aliphatic heterocycles. The van der Waals surface area contributed by atoms with Crippen molar-refractivity contribution in [2.24, 2.45) is 5.92 Å². The fourth-order valence-electron chi connectivity index (χ4n) is 4.40. The Labute approximate surface area is 184 Å². The van der Waals surface area contributed by atoms with Crippen LogP contribution in [0.2, 0.25) is 0 Å². The molecule has 4 heterocycles. The van der Waals surface area contributed by atoms with Gasteiger partial charge in [0.1, 0.15) is 16.6 Å². The summed E-state index contributed by atoms with van der Waals surface area (Å²) in [7, 11) is 0. The average Bonchev–Trinajstić information content (AvgIpc) is 3.33. The zero-order valence-electron chi connectivity index (χ0n) is 17.2. The van der Waals surface area contributed by atoms with Crippen molar-refractivity contribution in [3.8, 4) is 0 Å². The summed E-state index contributed by atoms with van der Waals surface area (Å²) in [6.45, 7) is 4.71. The number of fused-ring (bicyclic) bond motifs is 1. The molecule has 0 radical (unpaired) electrons. The third-order valence-electron chi connectivity index (χ3n) is 6.07. The third kappa shape index (κ3) is 4.20. The molecule has 1 aromatic carbocycles. The lowest BCUT2D eigenvalue weighted by Gasteiger charge is -2.35. The van der Waals surface area contributed by atoms with Gasteiger partial charge in [-0.3, -0.25) is 0 Å². The Morgan fingerprint density at radius 1 is 1.16 bits per heavy atom. The van der Waals surface area contributed by atoms with Gasteiger partial charge >= 0.3 is 0 Å². The van der Waals surface area contributed by atoms with Crippen LogP contribution in [-0.4, -0.2) is 70.0 Å². The first kappa shape index (κ1) is 20.5. The van der Waals surface area contributed by atoms with Crippen molar-refractivity contribution in [2.75, 3.05) is 49.2 Å². The lowest BCUT2D eigenvalue weighted by molar-refractivity contribution is 0.0977. The molecule has 2 saturated heterocycles. The summed E-state index contributed by atoms with van der Waals surface area (Å²) in [6, 6.07) is 6.26. The highest BCUT2D eigenvalue weighted by atomic mass is 32.1. The predicted octanol–water partition coefficient (Wildman–Crippen LogP) is 1.76. The third-order valence-corrected chi connectivity index (χ3v) is 7.13. The molecule has 0 aliphatic carbocycles. The van der Waals surface area contributed by atoms with Gasteiger partial charge in [-0.25, -0.2) is 4.98 Å². The summed E-state index contributed by atoms with van der Waals surface area (Å²) in [5.74, 6) is 0.856. The number of aromatic nitrogens is 4. The van der Waals surface area contributed by atoms with Crippen LogP contribution in [0.5, 0.6) is 0 Å². The minimum absolute atomic E-state index is 0.0454. The van der Waals surface area contributed by atoms with Crippen LogP contribution < -0.4 is 9.80 Å². The maximum Gasteiger partial charge on any atom is 0.162 e. The molecule has 3 aromatic rings. The lowest BCUT2D eigenvalue weighted by atomic mass is 9.92. The van der Waals surface area contributed by atoms with Gasteiger partial charge in [0.2, 0.25) is 0 Å². The van der Waals surface area contributed by atoms with Crippen LogP contribution in [0.15, 0.2) is 24.4 Å². The van der Waals surface area contributed by atoms with E-state index in [1.165, 1.54) is 11.3 Å². The summed E-state index contributed by atoms with van der Waals surface area (Å²) < 4.78 is 5.45. The van der Waals surface area contributed by atoms with Gasteiger partial charge in [-0.15, -0.1) is 21.5 Å². The Hall–Kier alpha value is -2.40. The van der Waals surface area contributed by atoms with Gasteiger partial charge in [0.05, 0.1) is 24.7 Å². The molecule has 2 fully saturated rings. The minimum atomic E-state index is -0.651. The zero-order valence-corrected chi connectivity index (χ0v) is 18.0. The van der Waals surface area contributed by atoms with Crippen molar-refractivity contribution >= 4 is 33.7 Å². The summed E-state index contributed by atoms with van der Waals surface area (Å²) in [4.78, 5) is 9.57. The number of hydrogen-bond donors (Lipinski definition) is 2. The molecule has 164 valence electrons. The number of aliphatic hydroxyl groups is 2. The smallest absolute Gasteiger partial charge is 0.162 e. The lowest BCUT2D eigenvalue weighted by Crippen LogP contribution is -2.38. The molecule has 9 nitrogen and oxygen atoms in total. The Bertz CT molecular complexity index is 1040. The number of rotatable bonds is 5. The molecule has 0 amide bonds. The highest BCUT2D eigenvalue weighted by Crippen LogP contribution is 2.35. The molecule has 5 rings (SSSR count). The van der Waals surface area contributed by atoms with Crippen molar-refractivity contribution in [1.29, 1.82) is 0 Å². The summed E-state index contributed by atoms with van der Waals surface area (Å²) in [5.41, 5.74) is 1.95. The monoisotopic (exact) mass is 442 g/mol. The Kier molecular flexibility index (Phi) is 5.95. The molecule has 0 spiro atoms. The Morgan fingerprint density at radius 2 is 2.03 bits per heavy atom. The van der Waals surface area contributed by atoms with Gasteiger partial charge in [-0.2, -0.15) is 0 Å². The number of morpholine rings is 1. The quantitative estimate of drug-likeness (QED) is 0.611. The van der Waals surface area contributed by atoms with Gasteiger partial charge in [0.25, 0.3) is 0 Å². The molecule has 0 unspecified atom stereocenters. The van der Waals surface area contributed by atoms with E-state index in [-0.39, 0.29) is 12.5 Å². The van der Waals surface area contributed by atoms with Crippen LogP contribution in [0, 0.1) is 5.92 Å². The number of thiazole rings is 1. The normalized spacial score (nSPS) is 20.9. The fraction of sp³-hybridized carbons (Fsp3) is 0.524. The Balaban J connectivity index is 1.38.